The largest absolute Gasteiger partial charge is 0.465 e. The van der Waals surface area contributed by atoms with Crippen LogP contribution in [0.3, 0.4) is 0 Å². The summed E-state index contributed by atoms with van der Waals surface area (Å²) in [7, 11) is 0. The summed E-state index contributed by atoms with van der Waals surface area (Å²) in [6.45, 7) is 2.11. The van der Waals surface area contributed by atoms with E-state index in [4.69, 9.17) is 9.15 Å². The number of hydrogen-bond acceptors (Lipinski definition) is 6. The van der Waals surface area contributed by atoms with Gasteiger partial charge in [-0.25, -0.2) is 0 Å². The van der Waals surface area contributed by atoms with Crippen LogP contribution in [0.15, 0.2) is 28.7 Å². The van der Waals surface area contributed by atoms with E-state index in [-0.39, 0.29) is 23.0 Å². The SMILES string of the molecule is CCOC(=O)CSCc1cc2cccc([N+](=O)[O-])c2o1. The highest BCUT2D eigenvalue weighted by Crippen LogP contribution is 2.29. The molecule has 7 heteroatoms. The Hall–Kier alpha value is -2.02. The first-order valence-corrected chi connectivity index (χ1v) is 7.16. The van der Waals surface area contributed by atoms with E-state index in [9.17, 15) is 14.9 Å². The van der Waals surface area contributed by atoms with Crippen molar-refractivity contribution in [2.75, 3.05) is 12.4 Å². The maximum absolute atomic E-state index is 11.2. The van der Waals surface area contributed by atoms with Crippen LogP contribution in [0.25, 0.3) is 11.0 Å². The lowest BCUT2D eigenvalue weighted by atomic mass is 10.2. The number of thioether (sulfide) groups is 1. The van der Waals surface area contributed by atoms with Crippen LogP contribution in [0, 0.1) is 10.1 Å². The van der Waals surface area contributed by atoms with Crippen LogP contribution in [-0.4, -0.2) is 23.3 Å². The van der Waals surface area contributed by atoms with Crippen molar-refractivity contribution in [3.05, 3.63) is 40.1 Å². The predicted molar refractivity (Wildman–Crippen MR) is 75.7 cm³/mol. The van der Waals surface area contributed by atoms with Crippen molar-refractivity contribution in [3.63, 3.8) is 0 Å². The van der Waals surface area contributed by atoms with Gasteiger partial charge in [-0.2, -0.15) is 0 Å². The zero-order valence-electron chi connectivity index (χ0n) is 10.8. The molecule has 0 atom stereocenters. The minimum atomic E-state index is -0.471. The van der Waals surface area contributed by atoms with E-state index in [0.29, 0.717) is 23.5 Å². The number of rotatable bonds is 6. The average molecular weight is 295 g/mol. The minimum Gasteiger partial charge on any atom is -0.465 e. The molecule has 0 amide bonds. The van der Waals surface area contributed by atoms with Gasteiger partial charge in [-0.05, 0) is 13.0 Å². The Labute approximate surface area is 119 Å². The fraction of sp³-hybridized carbons (Fsp3) is 0.308. The summed E-state index contributed by atoms with van der Waals surface area (Å²) in [5.74, 6) is 1.01. The van der Waals surface area contributed by atoms with Crippen molar-refractivity contribution < 1.29 is 18.9 Å². The fourth-order valence-electron chi connectivity index (χ4n) is 1.75. The molecule has 0 spiro atoms. The highest BCUT2D eigenvalue weighted by atomic mass is 32.2. The van der Waals surface area contributed by atoms with Crippen LogP contribution in [0.1, 0.15) is 12.7 Å². The van der Waals surface area contributed by atoms with Gasteiger partial charge in [0, 0.05) is 11.5 Å². The molecule has 2 aromatic rings. The third-order valence-corrected chi connectivity index (χ3v) is 3.47. The van der Waals surface area contributed by atoms with E-state index in [1.807, 2.05) is 0 Å². The molecule has 2 rings (SSSR count). The number of nitrogens with zero attached hydrogens (tertiary/aromatic N) is 1. The number of carbonyl (C=O) groups excluding carboxylic acids is 1. The first kappa shape index (κ1) is 14.4. The van der Waals surface area contributed by atoms with Crippen molar-refractivity contribution in [1.82, 2.24) is 0 Å². The maximum Gasteiger partial charge on any atom is 0.315 e. The van der Waals surface area contributed by atoms with E-state index in [0.717, 1.165) is 0 Å². The van der Waals surface area contributed by atoms with Gasteiger partial charge in [-0.15, -0.1) is 11.8 Å². The van der Waals surface area contributed by atoms with E-state index >= 15 is 0 Å². The van der Waals surface area contributed by atoms with Gasteiger partial charge in [0.1, 0.15) is 5.76 Å². The van der Waals surface area contributed by atoms with Crippen molar-refractivity contribution in [2.24, 2.45) is 0 Å². The van der Waals surface area contributed by atoms with Gasteiger partial charge in [-0.1, -0.05) is 12.1 Å². The van der Waals surface area contributed by atoms with Gasteiger partial charge in [0.15, 0.2) is 0 Å². The first-order chi connectivity index (χ1) is 9.61. The number of furan rings is 1. The molecule has 0 fully saturated rings. The maximum atomic E-state index is 11.2. The summed E-state index contributed by atoms with van der Waals surface area (Å²) >= 11 is 1.35. The van der Waals surface area contributed by atoms with Crippen molar-refractivity contribution in [1.29, 1.82) is 0 Å². The van der Waals surface area contributed by atoms with Gasteiger partial charge < -0.3 is 9.15 Å². The Morgan fingerprint density at radius 3 is 3.00 bits per heavy atom. The molecule has 6 nitrogen and oxygen atoms in total. The minimum absolute atomic E-state index is 0.0517. The molecule has 1 aromatic carbocycles. The number of para-hydroxylation sites is 1. The van der Waals surface area contributed by atoms with Crippen LogP contribution in [0.4, 0.5) is 5.69 Å². The standard InChI is InChI=1S/C13H13NO5S/c1-2-18-12(15)8-20-7-10-6-9-4-3-5-11(14(16)17)13(9)19-10/h3-6H,2,7-8H2,1H3. The predicted octanol–water partition coefficient (Wildman–Crippen LogP) is 3.14. The van der Waals surface area contributed by atoms with Crippen molar-refractivity contribution in [2.45, 2.75) is 12.7 Å². The molecule has 1 aromatic heterocycles. The quantitative estimate of drug-likeness (QED) is 0.462. The number of carbonyl (C=O) groups is 1. The highest BCUT2D eigenvalue weighted by Gasteiger charge is 2.16. The van der Waals surface area contributed by atoms with E-state index in [2.05, 4.69) is 0 Å². The van der Waals surface area contributed by atoms with E-state index < -0.39 is 4.92 Å². The number of ether oxygens (including phenoxy) is 1. The lowest BCUT2D eigenvalue weighted by Gasteiger charge is -1.99. The third-order valence-electron chi connectivity index (χ3n) is 2.54. The molecule has 0 bridgehead atoms. The molecule has 106 valence electrons. The Balaban J connectivity index is 2.07. The summed E-state index contributed by atoms with van der Waals surface area (Å²) in [4.78, 5) is 21.6. The molecule has 0 aliphatic carbocycles. The molecule has 20 heavy (non-hydrogen) atoms. The number of hydrogen-bond donors (Lipinski definition) is 0. The smallest absolute Gasteiger partial charge is 0.315 e. The Morgan fingerprint density at radius 2 is 2.30 bits per heavy atom. The molecule has 0 unspecified atom stereocenters. The molecule has 0 saturated carbocycles. The topological polar surface area (TPSA) is 82.6 Å². The molecular formula is C13H13NO5S. The molecule has 0 radical (unpaired) electrons. The normalized spacial score (nSPS) is 10.7. The number of nitro groups is 1. The summed E-state index contributed by atoms with van der Waals surface area (Å²) in [5.41, 5.74) is 0.216. The first-order valence-electron chi connectivity index (χ1n) is 6.01. The van der Waals surface area contributed by atoms with Crippen LogP contribution in [-0.2, 0) is 15.3 Å². The monoisotopic (exact) mass is 295 g/mol. The molecule has 0 aliphatic rings. The molecular weight excluding hydrogens is 282 g/mol. The number of fused-ring (bicyclic) bond motifs is 1. The highest BCUT2D eigenvalue weighted by molar-refractivity contribution is 7.99. The molecule has 0 saturated heterocycles. The number of nitro benzene ring substituents is 1. The molecule has 0 N–H and O–H groups in total. The Morgan fingerprint density at radius 1 is 1.50 bits per heavy atom. The molecule has 0 aliphatic heterocycles. The summed E-state index contributed by atoms with van der Waals surface area (Å²) in [6, 6.07) is 6.53. The number of esters is 1. The van der Waals surface area contributed by atoms with E-state index in [1.54, 1.807) is 25.1 Å². The van der Waals surface area contributed by atoms with Gasteiger partial charge in [0.25, 0.3) is 0 Å². The van der Waals surface area contributed by atoms with Gasteiger partial charge in [0.05, 0.1) is 23.0 Å². The van der Waals surface area contributed by atoms with Crippen LogP contribution in [0.5, 0.6) is 0 Å². The summed E-state index contributed by atoms with van der Waals surface area (Å²) in [5, 5.41) is 11.6. The third kappa shape index (κ3) is 3.30. The van der Waals surface area contributed by atoms with Crippen LogP contribution in [0.2, 0.25) is 0 Å². The fourth-order valence-corrected chi connectivity index (χ4v) is 2.45. The van der Waals surface area contributed by atoms with Crippen LogP contribution < -0.4 is 0 Å². The second kappa shape index (κ2) is 6.42. The zero-order valence-corrected chi connectivity index (χ0v) is 11.6. The lowest BCUT2D eigenvalue weighted by Crippen LogP contribution is -2.06. The summed E-state index contributed by atoms with van der Waals surface area (Å²) < 4.78 is 10.3. The second-order valence-electron chi connectivity index (χ2n) is 3.96. The number of non-ortho nitro benzene ring substituents is 1. The van der Waals surface area contributed by atoms with Crippen molar-refractivity contribution >= 4 is 34.4 Å². The summed E-state index contributed by atoms with van der Waals surface area (Å²) in [6.07, 6.45) is 0. The Bertz CT molecular complexity index is 637. The van der Waals surface area contributed by atoms with Gasteiger partial charge in [-0.3, -0.25) is 14.9 Å². The average Bonchev–Trinajstić information content (AvgIpc) is 2.81. The lowest BCUT2D eigenvalue weighted by molar-refractivity contribution is -0.383. The van der Waals surface area contributed by atoms with E-state index in [1.165, 1.54) is 17.8 Å². The number of benzene rings is 1. The Kier molecular flexibility index (Phi) is 4.62. The zero-order chi connectivity index (χ0) is 14.5. The van der Waals surface area contributed by atoms with Crippen LogP contribution >= 0.6 is 11.8 Å². The van der Waals surface area contributed by atoms with Gasteiger partial charge >= 0.3 is 11.7 Å². The van der Waals surface area contributed by atoms with Gasteiger partial charge in [0.2, 0.25) is 5.58 Å². The van der Waals surface area contributed by atoms with Crippen molar-refractivity contribution in [3.8, 4) is 0 Å². The molecule has 1 heterocycles. The second-order valence-corrected chi connectivity index (χ2v) is 4.95.